The minimum Gasteiger partial charge on any atom is -0.399 e. The number of amides is 1. The fourth-order valence-electron chi connectivity index (χ4n) is 4.78. The molecule has 0 saturated heterocycles. The third kappa shape index (κ3) is 9.42. The summed E-state index contributed by atoms with van der Waals surface area (Å²) in [5.74, 6) is -0.582. The number of hydrogen-bond donors (Lipinski definition) is 2. The van der Waals surface area contributed by atoms with E-state index in [1.165, 1.54) is 12.5 Å². The lowest BCUT2D eigenvalue weighted by atomic mass is 10.0. The highest BCUT2D eigenvalue weighted by molar-refractivity contribution is 5.79. The zero-order chi connectivity index (χ0) is 26.7. The number of hydrogen-bond acceptors (Lipinski definition) is 5. The Labute approximate surface area is 212 Å². The quantitative estimate of drug-likeness (QED) is 0.265. The van der Waals surface area contributed by atoms with Crippen LogP contribution < -0.4 is 14.8 Å². The predicted octanol–water partition coefficient (Wildman–Crippen LogP) is 4.76. The number of ether oxygens (including phenoxy) is 2. The average molecular weight is 519 g/mol. The third-order valence-electron chi connectivity index (χ3n) is 6.44. The van der Waals surface area contributed by atoms with Gasteiger partial charge in [-0.15, -0.1) is 13.2 Å². The van der Waals surface area contributed by atoms with Crippen molar-refractivity contribution in [2.24, 2.45) is 5.92 Å². The van der Waals surface area contributed by atoms with E-state index in [9.17, 15) is 23.2 Å². The van der Waals surface area contributed by atoms with Crippen LogP contribution in [0.15, 0.2) is 12.3 Å². The summed E-state index contributed by atoms with van der Waals surface area (Å²) in [6.07, 6.45) is 3.08. The van der Waals surface area contributed by atoms with Crippen molar-refractivity contribution >= 4 is 5.91 Å². The zero-order valence-electron chi connectivity index (χ0n) is 22.1. The molecule has 10 heteroatoms. The highest BCUT2D eigenvalue weighted by Gasteiger charge is 2.38. The first-order valence-electron chi connectivity index (χ1n) is 13.3. The Hall–Kier alpha value is -2.07. The van der Waals surface area contributed by atoms with Gasteiger partial charge < -0.3 is 19.7 Å². The largest absolute Gasteiger partial charge is 0.573 e. The molecule has 1 amide bonds. The molecule has 1 aromatic heterocycles. The summed E-state index contributed by atoms with van der Waals surface area (Å²) in [6.45, 7) is 10.6. The molecule has 1 saturated carbocycles. The number of carbonyl (C=O) groups is 1. The van der Waals surface area contributed by atoms with Crippen molar-refractivity contribution in [1.82, 2.24) is 10.2 Å². The highest BCUT2D eigenvalue weighted by atomic mass is 19.4. The van der Waals surface area contributed by atoms with Gasteiger partial charge in [0, 0.05) is 48.1 Å². The van der Waals surface area contributed by atoms with Crippen LogP contribution >= 0.6 is 0 Å². The molecule has 0 radical (unpaired) electrons. The Bertz CT molecular complexity index is 822. The number of halogens is 3. The van der Waals surface area contributed by atoms with Crippen molar-refractivity contribution in [1.29, 1.82) is 0 Å². The minimum absolute atomic E-state index is 0.0240. The summed E-state index contributed by atoms with van der Waals surface area (Å²) in [6, 6.07) is 1.88. The molecule has 1 aliphatic carbocycles. The fraction of sp³-hybridized carbons (Fsp3) is 0.769. The van der Waals surface area contributed by atoms with E-state index in [-0.39, 0.29) is 24.4 Å². The minimum atomic E-state index is -4.85. The number of carbonyl (C=O) groups excluding carboxylic acids is 1. The van der Waals surface area contributed by atoms with Crippen LogP contribution in [-0.2, 0) is 22.5 Å². The summed E-state index contributed by atoms with van der Waals surface area (Å²) in [7, 11) is 0. The number of alkyl halides is 3. The Morgan fingerprint density at radius 3 is 2.61 bits per heavy atom. The van der Waals surface area contributed by atoms with E-state index in [2.05, 4.69) is 37.7 Å². The molecule has 3 atom stereocenters. The summed E-state index contributed by atoms with van der Waals surface area (Å²) in [5, 5.41) is 13.7. The van der Waals surface area contributed by atoms with Crippen molar-refractivity contribution in [3.05, 3.63) is 23.5 Å². The molecule has 7 nitrogen and oxygen atoms in total. The molecule has 1 aliphatic heterocycles. The Kier molecular flexibility index (Phi) is 12.2. The lowest BCUT2D eigenvalue weighted by molar-refractivity contribution is -0.910. The summed E-state index contributed by atoms with van der Waals surface area (Å²) < 4.78 is 48.0. The standard InChI is InChI=1S/C23H35F3N3O4.C3H8/c1-3-10-32-11-8-18(4-2)27-19-6-5-16(12-19)22(30)28-9-7-21-17(14-28)13-20(15-29(21)31)33-23(24,25)26;1-3-2/h13,15-16,18-19,27,31H,3-12,14H2,1-2H3;3H2,1-2H3/q+1;. The second kappa shape index (κ2) is 14.6. The number of pyridine rings is 1. The maximum absolute atomic E-state index is 13.2. The number of nitrogens with one attached hydrogen (secondary N) is 1. The third-order valence-corrected chi connectivity index (χ3v) is 6.44. The summed E-state index contributed by atoms with van der Waals surface area (Å²) >= 11 is 0. The van der Waals surface area contributed by atoms with Gasteiger partial charge in [0.1, 0.15) is 0 Å². The summed E-state index contributed by atoms with van der Waals surface area (Å²) in [5.41, 5.74) is 0.959. The van der Waals surface area contributed by atoms with Crippen molar-refractivity contribution in [2.45, 2.75) is 104 Å². The van der Waals surface area contributed by atoms with E-state index in [0.717, 1.165) is 57.9 Å². The maximum atomic E-state index is 13.2. The van der Waals surface area contributed by atoms with Crippen LogP contribution in [0.3, 0.4) is 0 Å². The van der Waals surface area contributed by atoms with Crippen LogP contribution in [0, 0.1) is 5.92 Å². The smallest absolute Gasteiger partial charge is 0.399 e. The number of aromatic nitrogens is 1. The van der Waals surface area contributed by atoms with E-state index in [1.807, 2.05) is 0 Å². The molecular weight excluding hydrogens is 475 g/mol. The average Bonchev–Trinajstić information content (AvgIpc) is 3.28. The normalized spacial score (nSPS) is 20.4. The molecule has 3 rings (SSSR count). The molecule has 2 aliphatic rings. The number of fused-ring (bicyclic) bond motifs is 1. The topological polar surface area (TPSA) is 74.9 Å². The van der Waals surface area contributed by atoms with Crippen LogP contribution in [0.5, 0.6) is 5.75 Å². The predicted molar refractivity (Wildman–Crippen MR) is 130 cm³/mol. The number of nitrogens with zero attached hydrogens (tertiary/aromatic N) is 2. The first-order chi connectivity index (χ1) is 17.1. The van der Waals surface area contributed by atoms with Gasteiger partial charge in [0.2, 0.25) is 11.6 Å². The molecule has 1 aromatic rings. The Morgan fingerprint density at radius 1 is 1.25 bits per heavy atom. The maximum Gasteiger partial charge on any atom is 0.573 e. The van der Waals surface area contributed by atoms with Gasteiger partial charge >= 0.3 is 6.36 Å². The second-order valence-corrected chi connectivity index (χ2v) is 9.64. The zero-order valence-corrected chi connectivity index (χ0v) is 22.1. The van der Waals surface area contributed by atoms with E-state index >= 15 is 0 Å². The van der Waals surface area contributed by atoms with E-state index in [1.54, 1.807) is 4.90 Å². The van der Waals surface area contributed by atoms with Crippen molar-refractivity contribution in [2.75, 3.05) is 19.8 Å². The highest BCUT2D eigenvalue weighted by Crippen LogP contribution is 2.31. The van der Waals surface area contributed by atoms with Crippen molar-refractivity contribution in [3.63, 3.8) is 0 Å². The molecule has 2 N–H and O–H groups in total. The van der Waals surface area contributed by atoms with Gasteiger partial charge in [0.15, 0.2) is 5.75 Å². The molecule has 206 valence electrons. The Morgan fingerprint density at radius 2 is 1.97 bits per heavy atom. The Balaban J connectivity index is 0.00000145. The molecule has 3 unspecified atom stereocenters. The fourth-order valence-corrected chi connectivity index (χ4v) is 4.78. The van der Waals surface area contributed by atoms with Gasteiger partial charge in [0.05, 0.1) is 13.0 Å². The molecule has 0 bridgehead atoms. The lowest BCUT2D eigenvalue weighted by Crippen LogP contribution is -2.46. The van der Waals surface area contributed by atoms with E-state index < -0.39 is 12.1 Å². The molecule has 2 heterocycles. The van der Waals surface area contributed by atoms with Gasteiger partial charge in [0.25, 0.3) is 6.20 Å². The van der Waals surface area contributed by atoms with Crippen molar-refractivity contribution < 1.29 is 37.4 Å². The van der Waals surface area contributed by atoms with Crippen LogP contribution in [0.2, 0.25) is 0 Å². The molecular formula is C26H43F3N3O4+. The molecule has 36 heavy (non-hydrogen) atoms. The van der Waals surface area contributed by atoms with Gasteiger partial charge in [-0.05, 0) is 44.6 Å². The van der Waals surface area contributed by atoms with Gasteiger partial charge in [-0.1, -0.05) is 34.1 Å². The van der Waals surface area contributed by atoms with E-state index in [4.69, 9.17) is 4.74 Å². The SMILES string of the molecule is CCC.CCCOCCC(CC)NC1CCC(C(=O)N2CCc3c(cc(OC(F)(F)F)c[n+]3O)C2)C1. The van der Waals surface area contributed by atoms with Crippen LogP contribution in [-0.4, -0.2) is 54.2 Å². The van der Waals surface area contributed by atoms with Gasteiger partial charge in [-0.3, -0.25) is 10.0 Å². The van der Waals surface area contributed by atoms with Crippen LogP contribution in [0.4, 0.5) is 13.2 Å². The van der Waals surface area contributed by atoms with Gasteiger partial charge in [-0.25, -0.2) is 0 Å². The second-order valence-electron chi connectivity index (χ2n) is 9.64. The first kappa shape index (κ1) is 30.2. The van der Waals surface area contributed by atoms with E-state index in [0.29, 0.717) is 35.0 Å². The first-order valence-corrected chi connectivity index (χ1v) is 13.3. The molecule has 1 fully saturated rings. The van der Waals surface area contributed by atoms with Crippen LogP contribution in [0.1, 0.15) is 83.9 Å². The summed E-state index contributed by atoms with van der Waals surface area (Å²) in [4.78, 5) is 14.8. The van der Waals surface area contributed by atoms with Crippen LogP contribution in [0.25, 0.3) is 0 Å². The molecule has 0 spiro atoms. The molecule has 0 aromatic carbocycles. The van der Waals surface area contributed by atoms with Gasteiger partial charge in [-0.2, -0.15) is 0 Å². The monoisotopic (exact) mass is 518 g/mol. The van der Waals surface area contributed by atoms with Crippen molar-refractivity contribution in [3.8, 4) is 5.75 Å². The lowest BCUT2D eigenvalue weighted by Gasteiger charge is -2.29. The number of rotatable bonds is 10.